The third-order valence-corrected chi connectivity index (χ3v) is 3.34. The van der Waals surface area contributed by atoms with Gasteiger partial charge in [0.25, 0.3) is 0 Å². The van der Waals surface area contributed by atoms with Crippen molar-refractivity contribution < 1.29 is 19.1 Å². The van der Waals surface area contributed by atoms with Gasteiger partial charge in [0, 0.05) is 12.5 Å². The molecule has 6 heteroatoms. The van der Waals surface area contributed by atoms with Crippen molar-refractivity contribution in [1.29, 1.82) is 0 Å². The molecule has 2 amide bonds. The number of para-hydroxylation sites is 2. The Hall–Kier alpha value is -2.24. The standard InChI is InChI=1S/C17H24N2O4/c1-2-22-14-6-3-4-7-15(14)23-11-5-8-16(20)18-12-17(21)19-13-9-10-13/h3-4,6-7,13H,2,5,8-12H2,1H3,(H,18,20)(H,19,21). The van der Waals surface area contributed by atoms with Gasteiger partial charge >= 0.3 is 0 Å². The zero-order valence-corrected chi connectivity index (χ0v) is 13.5. The maximum absolute atomic E-state index is 11.7. The fourth-order valence-electron chi connectivity index (χ4n) is 2.03. The Morgan fingerprint density at radius 2 is 1.83 bits per heavy atom. The average molecular weight is 320 g/mol. The lowest BCUT2D eigenvalue weighted by Crippen LogP contribution is -2.37. The largest absolute Gasteiger partial charge is 0.490 e. The quantitative estimate of drug-likeness (QED) is 0.643. The zero-order valence-electron chi connectivity index (χ0n) is 13.5. The van der Waals surface area contributed by atoms with E-state index in [0.717, 1.165) is 12.8 Å². The predicted molar refractivity (Wildman–Crippen MR) is 86.5 cm³/mol. The molecular weight excluding hydrogens is 296 g/mol. The molecule has 23 heavy (non-hydrogen) atoms. The molecule has 2 N–H and O–H groups in total. The molecule has 1 fully saturated rings. The van der Waals surface area contributed by atoms with Crippen LogP contribution in [0.15, 0.2) is 24.3 Å². The van der Waals surface area contributed by atoms with Crippen LogP contribution < -0.4 is 20.1 Å². The summed E-state index contributed by atoms with van der Waals surface area (Å²) in [4.78, 5) is 23.1. The van der Waals surface area contributed by atoms with Crippen LogP contribution in [0.1, 0.15) is 32.6 Å². The van der Waals surface area contributed by atoms with Gasteiger partial charge in [-0.25, -0.2) is 0 Å². The summed E-state index contributed by atoms with van der Waals surface area (Å²) in [7, 11) is 0. The van der Waals surface area contributed by atoms with Crippen LogP contribution in [-0.2, 0) is 9.59 Å². The molecular formula is C17H24N2O4. The van der Waals surface area contributed by atoms with E-state index in [1.807, 2.05) is 31.2 Å². The molecule has 0 atom stereocenters. The van der Waals surface area contributed by atoms with Crippen LogP contribution in [0.25, 0.3) is 0 Å². The molecule has 1 aliphatic carbocycles. The van der Waals surface area contributed by atoms with Gasteiger partial charge in [-0.2, -0.15) is 0 Å². The van der Waals surface area contributed by atoms with Gasteiger partial charge in [-0.15, -0.1) is 0 Å². The highest BCUT2D eigenvalue weighted by molar-refractivity contribution is 5.84. The molecule has 6 nitrogen and oxygen atoms in total. The Balaban J connectivity index is 1.59. The number of nitrogens with one attached hydrogen (secondary N) is 2. The molecule has 1 aliphatic rings. The first kappa shape index (κ1) is 17.1. The Bertz CT molecular complexity index is 529. The lowest BCUT2D eigenvalue weighted by atomic mass is 10.3. The Morgan fingerprint density at radius 3 is 2.48 bits per heavy atom. The van der Waals surface area contributed by atoms with Gasteiger partial charge in [-0.1, -0.05) is 12.1 Å². The highest BCUT2D eigenvalue weighted by Crippen LogP contribution is 2.26. The number of carbonyl (C=O) groups is 2. The van der Waals surface area contributed by atoms with Crippen molar-refractivity contribution in [1.82, 2.24) is 10.6 Å². The first-order chi connectivity index (χ1) is 11.2. The van der Waals surface area contributed by atoms with E-state index < -0.39 is 0 Å². The van der Waals surface area contributed by atoms with Gasteiger partial charge in [0.05, 0.1) is 19.8 Å². The molecule has 126 valence electrons. The Kier molecular flexibility index (Phi) is 6.72. The second kappa shape index (κ2) is 9.02. The number of benzene rings is 1. The molecule has 0 heterocycles. The van der Waals surface area contributed by atoms with E-state index in [-0.39, 0.29) is 18.4 Å². The number of rotatable bonds is 10. The molecule has 1 saturated carbocycles. The summed E-state index contributed by atoms with van der Waals surface area (Å²) >= 11 is 0. The Morgan fingerprint density at radius 1 is 1.13 bits per heavy atom. The number of ether oxygens (including phenoxy) is 2. The highest BCUT2D eigenvalue weighted by atomic mass is 16.5. The van der Waals surface area contributed by atoms with Crippen LogP contribution in [0, 0.1) is 0 Å². The zero-order chi connectivity index (χ0) is 16.5. The summed E-state index contributed by atoms with van der Waals surface area (Å²) in [6.07, 6.45) is 2.99. The van der Waals surface area contributed by atoms with Crippen molar-refractivity contribution in [3.05, 3.63) is 24.3 Å². The lowest BCUT2D eigenvalue weighted by molar-refractivity contribution is -0.126. The molecule has 0 aliphatic heterocycles. The summed E-state index contributed by atoms with van der Waals surface area (Å²) in [6.45, 7) is 2.96. The van der Waals surface area contributed by atoms with Gasteiger partial charge in [-0.3, -0.25) is 9.59 Å². The molecule has 0 radical (unpaired) electrons. The van der Waals surface area contributed by atoms with E-state index in [1.54, 1.807) is 0 Å². The monoisotopic (exact) mass is 320 g/mol. The predicted octanol–water partition coefficient (Wildman–Crippen LogP) is 1.64. The van der Waals surface area contributed by atoms with E-state index in [4.69, 9.17) is 9.47 Å². The minimum absolute atomic E-state index is 0.0450. The summed E-state index contributed by atoms with van der Waals surface area (Å²) in [5, 5.41) is 5.44. The van der Waals surface area contributed by atoms with Crippen molar-refractivity contribution >= 4 is 11.8 Å². The maximum Gasteiger partial charge on any atom is 0.239 e. The van der Waals surface area contributed by atoms with Crippen LogP contribution in [0.2, 0.25) is 0 Å². The van der Waals surface area contributed by atoms with Crippen LogP contribution in [0.5, 0.6) is 11.5 Å². The second-order valence-corrected chi connectivity index (χ2v) is 5.45. The summed E-state index contributed by atoms with van der Waals surface area (Å²) < 4.78 is 11.1. The van der Waals surface area contributed by atoms with E-state index >= 15 is 0 Å². The van der Waals surface area contributed by atoms with Gasteiger partial charge in [0.1, 0.15) is 0 Å². The van der Waals surface area contributed by atoms with Crippen molar-refractivity contribution in [2.45, 2.75) is 38.6 Å². The molecule has 0 saturated heterocycles. The number of hydrogen-bond acceptors (Lipinski definition) is 4. The van der Waals surface area contributed by atoms with Gasteiger partial charge in [0.15, 0.2) is 11.5 Å². The summed E-state index contributed by atoms with van der Waals surface area (Å²) in [6, 6.07) is 7.77. The molecule has 2 rings (SSSR count). The molecule has 0 unspecified atom stereocenters. The van der Waals surface area contributed by atoms with E-state index in [1.165, 1.54) is 0 Å². The minimum atomic E-state index is -0.141. The number of hydrogen-bond donors (Lipinski definition) is 2. The van der Waals surface area contributed by atoms with Crippen molar-refractivity contribution in [3.8, 4) is 11.5 Å². The van der Waals surface area contributed by atoms with Crippen molar-refractivity contribution in [2.24, 2.45) is 0 Å². The fraction of sp³-hybridized carbons (Fsp3) is 0.529. The maximum atomic E-state index is 11.7. The van der Waals surface area contributed by atoms with Crippen LogP contribution in [0.4, 0.5) is 0 Å². The van der Waals surface area contributed by atoms with Crippen LogP contribution in [0.3, 0.4) is 0 Å². The fourth-order valence-corrected chi connectivity index (χ4v) is 2.03. The van der Waals surface area contributed by atoms with Gasteiger partial charge in [0.2, 0.25) is 11.8 Å². The van der Waals surface area contributed by atoms with E-state index in [0.29, 0.717) is 43.6 Å². The second-order valence-electron chi connectivity index (χ2n) is 5.45. The summed E-state index contributed by atoms with van der Waals surface area (Å²) in [5.74, 6) is 1.12. The molecule has 1 aromatic carbocycles. The van der Waals surface area contributed by atoms with Crippen molar-refractivity contribution in [2.75, 3.05) is 19.8 Å². The first-order valence-corrected chi connectivity index (χ1v) is 8.09. The molecule has 0 aromatic heterocycles. The third-order valence-electron chi connectivity index (χ3n) is 3.34. The summed E-state index contributed by atoms with van der Waals surface area (Å²) in [5.41, 5.74) is 0. The lowest BCUT2D eigenvalue weighted by Gasteiger charge is -2.11. The molecule has 1 aromatic rings. The normalized spacial score (nSPS) is 13.3. The number of carbonyl (C=O) groups excluding carboxylic acids is 2. The average Bonchev–Trinajstić information content (AvgIpc) is 3.35. The smallest absolute Gasteiger partial charge is 0.239 e. The van der Waals surface area contributed by atoms with E-state index in [2.05, 4.69) is 10.6 Å². The topological polar surface area (TPSA) is 76.7 Å². The van der Waals surface area contributed by atoms with Crippen molar-refractivity contribution in [3.63, 3.8) is 0 Å². The van der Waals surface area contributed by atoms with E-state index in [9.17, 15) is 9.59 Å². The SMILES string of the molecule is CCOc1ccccc1OCCCC(=O)NCC(=O)NC1CC1. The minimum Gasteiger partial charge on any atom is -0.490 e. The van der Waals surface area contributed by atoms with Gasteiger partial charge in [-0.05, 0) is 38.3 Å². The number of amides is 2. The Labute approximate surface area is 136 Å². The first-order valence-electron chi connectivity index (χ1n) is 8.09. The van der Waals surface area contributed by atoms with Crippen LogP contribution in [-0.4, -0.2) is 37.6 Å². The third kappa shape index (κ3) is 6.59. The van der Waals surface area contributed by atoms with Gasteiger partial charge < -0.3 is 20.1 Å². The molecule has 0 spiro atoms. The molecule has 0 bridgehead atoms. The highest BCUT2D eigenvalue weighted by Gasteiger charge is 2.23. The van der Waals surface area contributed by atoms with Crippen LogP contribution >= 0.6 is 0 Å².